The summed E-state index contributed by atoms with van der Waals surface area (Å²) in [6.07, 6.45) is -3.66. The zero-order valence-electron chi connectivity index (χ0n) is 23.2. The summed E-state index contributed by atoms with van der Waals surface area (Å²) < 4.78 is 65.3. The number of sulfonamides is 1. The Labute approximate surface area is 241 Å². The quantitative estimate of drug-likeness (QED) is 0.0904. The second-order valence-electron chi connectivity index (χ2n) is 9.48. The number of ether oxygens (including phenoxy) is 1. The van der Waals surface area contributed by atoms with Crippen molar-refractivity contribution in [3.8, 4) is 5.75 Å². The molecule has 0 aliphatic rings. The van der Waals surface area contributed by atoms with Gasteiger partial charge in [0, 0.05) is 6.42 Å². The van der Waals surface area contributed by atoms with Crippen LogP contribution in [0.15, 0.2) is 58.6 Å². The van der Waals surface area contributed by atoms with Crippen LogP contribution in [0.1, 0.15) is 44.7 Å². The van der Waals surface area contributed by atoms with Crippen molar-refractivity contribution >= 4 is 27.9 Å². The predicted molar refractivity (Wildman–Crippen MR) is 147 cm³/mol. The summed E-state index contributed by atoms with van der Waals surface area (Å²) in [4.78, 5) is 25.6. The maximum atomic E-state index is 12.8. The number of oxime groups is 1. The molecule has 234 valence electrons. The largest absolute Gasteiger partial charge is 0.493 e. The zero-order valence-corrected chi connectivity index (χ0v) is 24.0. The van der Waals surface area contributed by atoms with Crippen LogP contribution in [0.25, 0.3) is 0 Å². The highest BCUT2D eigenvalue weighted by Crippen LogP contribution is 2.27. The van der Waals surface area contributed by atoms with Gasteiger partial charge in [0.05, 0.1) is 11.5 Å². The van der Waals surface area contributed by atoms with Crippen molar-refractivity contribution in [3.05, 3.63) is 59.7 Å². The SMILES string of the molecule is CCC(C)(C)c1ccc(S(=O)(=O)N[C@@H](Cc2ccc(OCCCON=C(N)N)cc2)C(=O)O)cc1.O=C(O)C(F)(F)F. The highest BCUT2D eigenvalue weighted by atomic mass is 32.2. The van der Waals surface area contributed by atoms with Crippen molar-refractivity contribution in [2.45, 2.75) is 62.6 Å². The molecule has 0 radical (unpaired) electrons. The van der Waals surface area contributed by atoms with Gasteiger partial charge in [0.2, 0.25) is 16.0 Å². The lowest BCUT2D eigenvalue weighted by Crippen LogP contribution is -2.42. The Hall–Kier alpha value is -4.05. The summed E-state index contributed by atoms with van der Waals surface area (Å²) >= 11 is 0. The average Bonchev–Trinajstić information content (AvgIpc) is 2.90. The molecule has 0 saturated heterocycles. The number of benzene rings is 2. The van der Waals surface area contributed by atoms with Crippen LogP contribution in [0.2, 0.25) is 0 Å². The van der Waals surface area contributed by atoms with E-state index in [0.717, 1.165) is 12.0 Å². The fraction of sp³-hybridized carbons (Fsp3) is 0.423. The van der Waals surface area contributed by atoms with Gasteiger partial charge >= 0.3 is 18.1 Å². The van der Waals surface area contributed by atoms with Gasteiger partial charge in [-0.2, -0.15) is 17.9 Å². The normalized spacial score (nSPS) is 12.3. The van der Waals surface area contributed by atoms with E-state index < -0.39 is 34.2 Å². The Morgan fingerprint density at radius 3 is 2.00 bits per heavy atom. The molecule has 0 fully saturated rings. The third-order valence-corrected chi connectivity index (χ3v) is 7.34. The molecule has 0 aliphatic carbocycles. The molecule has 0 spiro atoms. The van der Waals surface area contributed by atoms with Crippen molar-refractivity contribution in [3.63, 3.8) is 0 Å². The minimum atomic E-state index is -5.08. The molecule has 2 aromatic rings. The monoisotopic (exact) mass is 620 g/mol. The Kier molecular flexibility index (Phi) is 13.5. The summed E-state index contributed by atoms with van der Waals surface area (Å²) in [5.41, 5.74) is 11.9. The summed E-state index contributed by atoms with van der Waals surface area (Å²) in [6, 6.07) is 12.0. The van der Waals surface area contributed by atoms with Crippen LogP contribution in [0.4, 0.5) is 13.2 Å². The highest BCUT2D eigenvalue weighted by molar-refractivity contribution is 7.89. The Bertz CT molecular complexity index is 1300. The van der Waals surface area contributed by atoms with Crippen molar-refractivity contribution in [1.82, 2.24) is 4.72 Å². The van der Waals surface area contributed by atoms with E-state index in [2.05, 4.69) is 30.6 Å². The summed E-state index contributed by atoms with van der Waals surface area (Å²) in [7, 11) is -4.02. The highest BCUT2D eigenvalue weighted by Gasteiger charge is 2.38. The number of halogens is 3. The fourth-order valence-corrected chi connectivity index (χ4v) is 4.30. The summed E-state index contributed by atoms with van der Waals surface area (Å²) in [5.74, 6) is -3.60. The van der Waals surface area contributed by atoms with Crippen molar-refractivity contribution < 1.29 is 51.0 Å². The molecule has 0 saturated carbocycles. The molecule has 0 bridgehead atoms. The lowest BCUT2D eigenvalue weighted by molar-refractivity contribution is -0.192. The second kappa shape index (κ2) is 15.8. The van der Waals surface area contributed by atoms with Gasteiger partial charge in [0.15, 0.2) is 0 Å². The number of rotatable bonds is 14. The van der Waals surface area contributed by atoms with E-state index in [-0.39, 0.29) is 29.3 Å². The number of nitrogens with two attached hydrogens (primary N) is 2. The van der Waals surface area contributed by atoms with Gasteiger partial charge in [0.25, 0.3) is 0 Å². The minimum Gasteiger partial charge on any atom is -0.493 e. The van der Waals surface area contributed by atoms with E-state index in [1.54, 1.807) is 36.4 Å². The Morgan fingerprint density at radius 1 is 1.00 bits per heavy atom. The third-order valence-electron chi connectivity index (χ3n) is 5.85. The second-order valence-corrected chi connectivity index (χ2v) is 11.2. The lowest BCUT2D eigenvalue weighted by Gasteiger charge is -2.23. The van der Waals surface area contributed by atoms with Crippen LogP contribution < -0.4 is 20.9 Å². The van der Waals surface area contributed by atoms with Gasteiger partial charge in [-0.15, -0.1) is 0 Å². The van der Waals surface area contributed by atoms with Crippen molar-refractivity contribution in [2.24, 2.45) is 16.6 Å². The van der Waals surface area contributed by atoms with Crippen LogP contribution in [0.3, 0.4) is 0 Å². The first kappa shape index (κ1) is 36.0. The van der Waals surface area contributed by atoms with Crippen LogP contribution in [-0.2, 0) is 36.3 Å². The molecule has 7 N–H and O–H groups in total. The smallest absolute Gasteiger partial charge is 0.490 e. The molecule has 2 rings (SSSR count). The molecule has 12 nitrogen and oxygen atoms in total. The van der Waals surface area contributed by atoms with E-state index in [1.165, 1.54) is 12.1 Å². The van der Waals surface area contributed by atoms with E-state index in [0.29, 0.717) is 24.3 Å². The van der Waals surface area contributed by atoms with Crippen LogP contribution >= 0.6 is 0 Å². The standard InChI is InChI=1S/C24H34N4O6S.C2HF3O2/c1-4-24(2,3)18-8-12-20(13-9-18)35(31,32)28-21(22(29)30)16-17-6-10-19(11-7-17)33-14-5-15-34-27-23(25)26;3-2(4,5)1(6)7/h6-13,21,28H,4-5,14-16H2,1-3H3,(H,29,30)(H4,25,26,27);(H,6,7)/t21-;/m0./s1. The number of carboxylic acid groups (broad SMARTS) is 2. The number of hydrogen-bond donors (Lipinski definition) is 5. The molecule has 0 unspecified atom stereocenters. The van der Waals surface area contributed by atoms with Gasteiger partial charge in [-0.05, 0) is 58.8 Å². The summed E-state index contributed by atoms with van der Waals surface area (Å²) in [6.45, 7) is 6.87. The molecular weight excluding hydrogens is 585 g/mol. The van der Waals surface area contributed by atoms with E-state index in [4.69, 9.17) is 30.9 Å². The van der Waals surface area contributed by atoms with E-state index >= 15 is 0 Å². The number of nitrogens with one attached hydrogen (secondary N) is 1. The Morgan fingerprint density at radius 2 is 1.55 bits per heavy atom. The molecular formula is C26H35F3N4O8S. The van der Waals surface area contributed by atoms with Gasteiger partial charge in [-0.25, -0.2) is 13.2 Å². The molecule has 0 aliphatic heterocycles. The molecule has 0 heterocycles. The number of alkyl halides is 3. The molecule has 0 aromatic heterocycles. The maximum Gasteiger partial charge on any atom is 0.490 e. The minimum absolute atomic E-state index is 0.0203. The van der Waals surface area contributed by atoms with Crippen LogP contribution in [0, 0.1) is 0 Å². The predicted octanol–water partition coefficient (Wildman–Crippen LogP) is 2.96. The number of aliphatic carboxylic acids is 2. The molecule has 42 heavy (non-hydrogen) atoms. The number of carbonyl (C=O) groups is 2. The van der Waals surface area contributed by atoms with E-state index in [9.17, 15) is 31.5 Å². The molecule has 16 heteroatoms. The van der Waals surface area contributed by atoms with Gasteiger partial charge < -0.3 is 31.3 Å². The lowest BCUT2D eigenvalue weighted by atomic mass is 9.82. The van der Waals surface area contributed by atoms with Crippen LogP contribution in [-0.4, -0.2) is 62.0 Å². The maximum absolute atomic E-state index is 12.8. The third kappa shape index (κ3) is 12.6. The number of nitrogens with zero attached hydrogens (tertiary/aromatic N) is 1. The fourth-order valence-electron chi connectivity index (χ4n) is 3.12. The van der Waals surface area contributed by atoms with E-state index in [1.807, 2.05) is 0 Å². The van der Waals surface area contributed by atoms with Crippen molar-refractivity contribution in [2.75, 3.05) is 13.2 Å². The first-order chi connectivity index (χ1) is 19.4. The molecule has 2 aromatic carbocycles. The number of carboxylic acids is 2. The Balaban J connectivity index is 0.00000112. The van der Waals surface area contributed by atoms with Gasteiger partial charge in [0.1, 0.15) is 18.4 Å². The summed E-state index contributed by atoms with van der Waals surface area (Å²) in [5, 5.41) is 20.1. The van der Waals surface area contributed by atoms with Crippen LogP contribution in [0.5, 0.6) is 5.75 Å². The first-order valence-corrected chi connectivity index (χ1v) is 14.0. The number of guanidine groups is 1. The molecule has 0 amide bonds. The topological polar surface area (TPSA) is 204 Å². The average molecular weight is 621 g/mol. The van der Waals surface area contributed by atoms with Gasteiger partial charge in [-0.3, -0.25) is 4.79 Å². The van der Waals surface area contributed by atoms with Crippen molar-refractivity contribution in [1.29, 1.82) is 0 Å². The number of hydrogen-bond acceptors (Lipinski definition) is 7. The molecule has 1 atom stereocenters. The van der Waals surface area contributed by atoms with Gasteiger partial charge in [-0.1, -0.05) is 45.0 Å². The zero-order chi connectivity index (χ0) is 32.1. The first-order valence-electron chi connectivity index (χ1n) is 12.5.